The fourth-order valence-corrected chi connectivity index (χ4v) is 1.73. The van der Waals surface area contributed by atoms with Gasteiger partial charge in [0.05, 0.1) is 17.3 Å². The summed E-state index contributed by atoms with van der Waals surface area (Å²) in [7, 11) is 1.53. The molecule has 5 nitrogen and oxygen atoms in total. The molecule has 0 atom stereocenters. The van der Waals surface area contributed by atoms with E-state index in [1.807, 2.05) is 0 Å². The largest absolute Gasteiger partial charge is 0.383 e. The van der Waals surface area contributed by atoms with Gasteiger partial charge >= 0.3 is 0 Å². The Morgan fingerprint density at radius 3 is 2.85 bits per heavy atom. The molecule has 0 aliphatic heterocycles. The molecule has 0 aromatic heterocycles. The first-order valence-corrected chi connectivity index (χ1v) is 6.43. The lowest BCUT2D eigenvalue weighted by Crippen LogP contribution is -2.28. The summed E-state index contributed by atoms with van der Waals surface area (Å²) in [5.74, 6) is -0.484. The predicted octanol–water partition coefficient (Wildman–Crippen LogP) is 2.58. The van der Waals surface area contributed by atoms with Crippen LogP contribution in [0.3, 0.4) is 0 Å². The molecule has 2 N–H and O–H groups in total. The van der Waals surface area contributed by atoms with Crippen LogP contribution in [0.2, 0.25) is 10.0 Å². The number of carbonyl (C=O) groups is 1. The molecule has 1 rings (SSSR count). The van der Waals surface area contributed by atoms with E-state index < -0.39 is 5.91 Å². The molecule has 0 aliphatic carbocycles. The van der Waals surface area contributed by atoms with Crippen molar-refractivity contribution in [3.05, 3.63) is 40.0 Å². The van der Waals surface area contributed by atoms with E-state index in [0.717, 1.165) is 0 Å². The zero-order valence-corrected chi connectivity index (χ0v) is 12.3. The Bertz CT molecular complexity index is 553. The van der Waals surface area contributed by atoms with Gasteiger partial charge in [-0.1, -0.05) is 23.2 Å². The molecular weight excluding hydrogens is 301 g/mol. The number of ether oxygens (including phenoxy) is 1. The topological polar surface area (TPSA) is 74.1 Å². The molecule has 106 valence electrons. The maximum Gasteiger partial charge on any atom is 0.263 e. The molecule has 7 heteroatoms. The van der Waals surface area contributed by atoms with Crippen molar-refractivity contribution in [1.82, 2.24) is 5.32 Å². The lowest BCUT2D eigenvalue weighted by molar-refractivity contribution is -0.117. The predicted molar refractivity (Wildman–Crippen MR) is 78.7 cm³/mol. The Morgan fingerprint density at radius 2 is 2.25 bits per heavy atom. The van der Waals surface area contributed by atoms with Gasteiger partial charge in [-0.2, -0.15) is 5.26 Å². The van der Waals surface area contributed by atoms with Crippen molar-refractivity contribution in [3.63, 3.8) is 0 Å². The summed E-state index contributed by atoms with van der Waals surface area (Å²) >= 11 is 11.7. The van der Waals surface area contributed by atoms with E-state index in [1.54, 1.807) is 24.3 Å². The van der Waals surface area contributed by atoms with E-state index in [0.29, 0.717) is 28.9 Å². The minimum atomic E-state index is -0.484. The van der Waals surface area contributed by atoms with E-state index in [2.05, 4.69) is 10.6 Å². The summed E-state index contributed by atoms with van der Waals surface area (Å²) in [5, 5.41) is 15.2. The first-order valence-electron chi connectivity index (χ1n) is 5.67. The number of nitriles is 1. The molecule has 1 amide bonds. The molecule has 0 saturated heterocycles. The van der Waals surface area contributed by atoms with Crippen molar-refractivity contribution < 1.29 is 9.53 Å². The molecule has 0 bridgehead atoms. The van der Waals surface area contributed by atoms with Crippen LogP contribution in [-0.4, -0.2) is 26.2 Å². The number of nitrogens with zero attached hydrogens (tertiary/aromatic N) is 1. The molecule has 0 radical (unpaired) electrons. The fourth-order valence-electron chi connectivity index (χ4n) is 1.27. The SMILES string of the molecule is COCCNC(=O)/C(C#N)=C\Nc1ccc(Cl)cc1Cl. The van der Waals surface area contributed by atoms with Crippen molar-refractivity contribution in [2.75, 3.05) is 25.6 Å². The molecule has 0 heterocycles. The number of rotatable bonds is 6. The first-order chi connectivity index (χ1) is 9.58. The zero-order valence-electron chi connectivity index (χ0n) is 10.7. The van der Waals surface area contributed by atoms with Crippen LogP contribution in [0.25, 0.3) is 0 Å². The van der Waals surface area contributed by atoms with Crippen molar-refractivity contribution >= 4 is 34.8 Å². The van der Waals surface area contributed by atoms with Gasteiger partial charge in [-0.3, -0.25) is 4.79 Å². The molecule has 0 spiro atoms. The number of methoxy groups -OCH3 is 1. The molecule has 0 aliphatic rings. The lowest BCUT2D eigenvalue weighted by atomic mass is 10.2. The van der Waals surface area contributed by atoms with Crippen LogP contribution >= 0.6 is 23.2 Å². The summed E-state index contributed by atoms with van der Waals surface area (Å²) in [4.78, 5) is 11.7. The van der Waals surface area contributed by atoms with Gasteiger partial charge in [0, 0.05) is 24.9 Å². The Labute approximate surface area is 127 Å². The van der Waals surface area contributed by atoms with Gasteiger partial charge in [-0.15, -0.1) is 0 Å². The summed E-state index contributed by atoms with van der Waals surface area (Å²) < 4.78 is 4.80. The standard InChI is InChI=1S/C13H13Cl2N3O2/c1-20-5-4-17-13(19)9(7-16)8-18-12-3-2-10(14)6-11(12)15/h2-3,6,8,18H,4-5H2,1H3,(H,17,19)/b9-8-. The summed E-state index contributed by atoms with van der Waals surface area (Å²) in [6.07, 6.45) is 1.29. The Hall–Kier alpha value is -1.74. The van der Waals surface area contributed by atoms with Gasteiger partial charge in [0.1, 0.15) is 11.6 Å². The summed E-state index contributed by atoms with van der Waals surface area (Å²) in [6.45, 7) is 0.705. The van der Waals surface area contributed by atoms with Crippen LogP contribution in [0.15, 0.2) is 30.0 Å². The second-order valence-corrected chi connectivity index (χ2v) is 4.53. The lowest BCUT2D eigenvalue weighted by Gasteiger charge is -2.06. The van der Waals surface area contributed by atoms with E-state index >= 15 is 0 Å². The zero-order chi connectivity index (χ0) is 15.0. The third-order valence-electron chi connectivity index (χ3n) is 2.26. The summed E-state index contributed by atoms with van der Waals surface area (Å²) in [5.41, 5.74) is 0.487. The third-order valence-corrected chi connectivity index (χ3v) is 2.81. The van der Waals surface area contributed by atoms with Gasteiger partial charge in [0.25, 0.3) is 5.91 Å². The number of hydrogen-bond acceptors (Lipinski definition) is 4. The fraction of sp³-hybridized carbons (Fsp3) is 0.231. The van der Waals surface area contributed by atoms with Crippen molar-refractivity contribution in [2.45, 2.75) is 0 Å². The number of benzene rings is 1. The van der Waals surface area contributed by atoms with Crippen LogP contribution < -0.4 is 10.6 Å². The van der Waals surface area contributed by atoms with Crippen LogP contribution in [0.5, 0.6) is 0 Å². The quantitative estimate of drug-likeness (QED) is 0.481. The number of anilines is 1. The summed E-state index contributed by atoms with van der Waals surface area (Å²) in [6, 6.07) is 6.66. The number of amides is 1. The monoisotopic (exact) mass is 313 g/mol. The maximum absolute atomic E-state index is 11.7. The molecule has 20 heavy (non-hydrogen) atoms. The van der Waals surface area contributed by atoms with E-state index in [-0.39, 0.29) is 5.57 Å². The van der Waals surface area contributed by atoms with Gasteiger partial charge < -0.3 is 15.4 Å². The maximum atomic E-state index is 11.7. The number of carbonyl (C=O) groups excluding carboxylic acids is 1. The average molecular weight is 314 g/mol. The van der Waals surface area contributed by atoms with E-state index in [1.165, 1.54) is 13.3 Å². The highest BCUT2D eigenvalue weighted by Crippen LogP contribution is 2.25. The van der Waals surface area contributed by atoms with E-state index in [4.69, 9.17) is 33.2 Å². The number of hydrogen-bond donors (Lipinski definition) is 2. The molecule has 1 aromatic carbocycles. The smallest absolute Gasteiger partial charge is 0.263 e. The third kappa shape index (κ3) is 5.10. The minimum absolute atomic E-state index is 0.0629. The van der Waals surface area contributed by atoms with Crippen LogP contribution in [0, 0.1) is 11.3 Å². The van der Waals surface area contributed by atoms with Gasteiger partial charge in [-0.05, 0) is 18.2 Å². The van der Waals surface area contributed by atoms with Gasteiger partial charge in [0.2, 0.25) is 0 Å². The van der Waals surface area contributed by atoms with Crippen LogP contribution in [0.4, 0.5) is 5.69 Å². The van der Waals surface area contributed by atoms with Gasteiger partial charge in [-0.25, -0.2) is 0 Å². The second kappa shape index (κ2) is 8.43. The first kappa shape index (κ1) is 16.3. The molecule has 0 fully saturated rings. The average Bonchev–Trinajstić information content (AvgIpc) is 2.42. The van der Waals surface area contributed by atoms with Crippen molar-refractivity contribution in [2.24, 2.45) is 0 Å². The Morgan fingerprint density at radius 1 is 1.50 bits per heavy atom. The number of nitrogens with one attached hydrogen (secondary N) is 2. The molecule has 1 aromatic rings. The molecule has 0 saturated carbocycles. The highest BCUT2D eigenvalue weighted by Gasteiger charge is 2.08. The van der Waals surface area contributed by atoms with Crippen molar-refractivity contribution in [1.29, 1.82) is 5.26 Å². The second-order valence-electron chi connectivity index (χ2n) is 3.69. The molecular formula is C13H13Cl2N3O2. The minimum Gasteiger partial charge on any atom is -0.383 e. The van der Waals surface area contributed by atoms with Gasteiger partial charge in [0.15, 0.2) is 0 Å². The van der Waals surface area contributed by atoms with Crippen molar-refractivity contribution in [3.8, 4) is 6.07 Å². The highest BCUT2D eigenvalue weighted by molar-refractivity contribution is 6.36. The Balaban J connectivity index is 2.70. The normalized spacial score (nSPS) is 10.8. The highest BCUT2D eigenvalue weighted by atomic mass is 35.5. The van der Waals surface area contributed by atoms with E-state index in [9.17, 15) is 4.79 Å². The van der Waals surface area contributed by atoms with Crippen LogP contribution in [-0.2, 0) is 9.53 Å². The Kier molecular flexibility index (Phi) is 6.88. The molecule has 0 unspecified atom stereocenters. The van der Waals surface area contributed by atoms with Crippen LogP contribution in [0.1, 0.15) is 0 Å². The number of halogens is 2.